The lowest BCUT2D eigenvalue weighted by Gasteiger charge is -2.39. The number of piperazine rings is 1. The van der Waals surface area contributed by atoms with Crippen LogP contribution in [0.2, 0.25) is 10.0 Å². The molecule has 0 spiro atoms. The SMILES string of the molecule is Cc1c(Cl)cc(C(=O)N2CCN(C)[C@H](CCO)C2)cc1Cl. The van der Waals surface area contributed by atoms with Gasteiger partial charge in [-0.25, -0.2) is 0 Å². The van der Waals surface area contributed by atoms with Crippen LogP contribution in [-0.4, -0.2) is 60.1 Å². The topological polar surface area (TPSA) is 43.8 Å². The molecule has 0 aliphatic carbocycles. The van der Waals surface area contributed by atoms with E-state index in [4.69, 9.17) is 28.3 Å². The number of hydrogen-bond acceptors (Lipinski definition) is 3. The summed E-state index contributed by atoms with van der Waals surface area (Å²) in [6.45, 7) is 4.02. The molecule has 0 unspecified atom stereocenters. The summed E-state index contributed by atoms with van der Waals surface area (Å²) in [6, 6.07) is 3.53. The van der Waals surface area contributed by atoms with E-state index < -0.39 is 0 Å². The van der Waals surface area contributed by atoms with E-state index in [9.17, 15) is 4.79 Å². The molecule has 1 saturated heterocycles. The van der Waals surface area contributed by atoms with Gasteiger partial charge in [0, 0.05) is 47.9 Å². The van der Waals surface area contributed by atoms with Gasteiger partial charge in [0.1, 0.15) is 0 Å². The summed E-state index contributed by atoms with van der Waals surface area (Å²) in [5.74, 6) is -0.0603. The van der Waals surface area contributed by atoms with Crippen LogP contribution in [0.5, 0.6) is 0 Å². The average Bonchev–Trinajstić information content (AvgIpc) is 2.46. The molecule has 1 aromatic carbocycles. The van der Waals surface area contributed by atoms with Gasteiger partial charge in [-0.05, 0) is 38.1 Å². The minimum atomic E-state index is -0.0603. The fourth-order valence-corrected chi connectivity index (χ4v) is 3.03. The standard InChI is InChI=1S/C15H20Cl2N2O2/c1-10-13(16)7-11(8-14(10)17)15(21)19-5-4-18(2)12(9-19)3-6-20/h7-8,12,20H,3-6,9H2,1-2H3/t12-/m1/s1. The molecule has 21 heavy (non-hydrogen) atoms. The molecule has 0 saturated carbocycles. The molecule has 1 N–H and O–H groups in total. The van der Waals surface area contributed by atoms with Crippen LogP contribution in [0.1, 0.15) is 22.3 Å². The summed E-state index contributed by atoms with van der Waals surface area (Å²) in [5, 5.41) is 10.1. The third-order valence-corrected chi connectivity index (χ3v) is 4.84. The number of carbonyl (C=O) groups excluding carboxylic acids is 1. The van der Waals surface area contributed by atoms with Crippen molar-refractivity contribution in [3.63, 3.8) is 0 Å². The van der Waals surface area contributed by atoms with E-state index in [-0.39, 0.29) is 18.6 Å². The van der Waals surface area contributed by atoms with Gasteiger partial charge in [0.05, 0.1) is 0 Å². The monoisotopic (exact) mass is 330 g/mol. The van der Waals surface area contributed by atoms with E-state index in [2.05, 4.69) is 4.90 Å². The van der Waals surface area contributed by atoms with Crippen molar-refractivity contribution in [2.75, 3.05) is 33.3 Å². The van der Waals surface area contributed by atoms with Crippen molar-refractivity contribution in [2.24, 2.45) is 0 Å². The molecule has 1 aliphatic heterocycles. The smallest absolute Gasteiger partial charge is 0.254 e. The van der Waals surface area contributed by atoms with Crippen LogP contribution in [0, 0.1) is 6.92 Å². The van der Waals surface area contributed by atoms with Crippen molar-refractivity contribution >= 4 is 29.1 Å². The maximum absolute atomic E-state index is 12.6. The summed E-state index contributed by atoms with van der Waals surface area (Å²) in [7, 11) is 2.02. The Kier molecular flexibility index (Phi) is 5.49. The van der Waals surface area contributed by atoms with Gasteiger partial charge in [0.2, 0.25) is 0 Å². The number of likely N-dealkylation sites (N-methyl/N-ethyl adjacent to an activating group) is 1. The summed E-state index contributed by atoms with van der Waals surface area (Å²) < 4.78 is 0. The van der Waals surface area contributed by atoms with Gasteiger partial charge in [-0.15, -0.1) is 0 Å². The van der Waals surface area contributed by atoms with Crippen molar-refractivity contribution in [3.8, 4) is 0 Å². The van der Waals surface area contributed by atoms with Crippen molar-refractivity contribution in [2.45, 2.75) is 19.4 Å². The highest BCUT2D eigenvalue weighted by atomic mass is 35.5. The van der Waals surface area contributed by atoms with Crippen LogP contribution < -0.4 is 0 Å². The predicted octanol–water partition coefficient (Wildman–Crippen LogP) is 2.44. The first kappa shape index (κ1) is 16.6. The van der Waals surface area contributed by atoms with Crippen molar-refractivity contribution in [3.05, 3.63) is 33.3 Å². The highest BCUT2D eigenvalue weighted by molar-refractivity contribution is 6.36. The van der Waals surface area contributed by atoms with Crippen molar-refractivity contribution in [1.29, 1.82) is 0 Å². The van der Waals surface area contributed by atoms with Crippen molar-refractivity contribution < 1.29 is 9.90 Å². The molecule has 1 aliphatic rings. The van der Waals surface area contributed by atoms with Crippen LogP contribution in [-0.2, 0) is 0 Å². The number of amides is 1. The summed E-state index contributed by atoms with van der Waals surface area (Å²) in [4.78, 5) is 16.6. The van der Waals surface area contributed by atoms with Crippen LogP contribution in [0.4, 0.5) is 0 Å². The van der Waals surface area contributed by atoms with E-state index in [1.54, 1.807) is 17.0 Å². The Hall–Kier alpha value is -0.810. The lowest BCUT2D eigenvalue weighted by molar-refractivity contribution is 0.0500. The second-order valence-electron chi connectivity index (χ2n) is 5.46. The number of halogens is 2. The number of hydrogen-bond donors (Lipinski definition) is 1. The molecular weight excluding hydrogens is 311 g/mol. The molecule has 0 radical (unpaired) electrons. The lowest BCUT2D eigenvalue weighted by atomic mass is 10.1. The second-order valence-corrected chi connectivity index (χ2v) is 6.28. The first-order valence-electron chi connectivity index (χ1n) is 7.00. The summed E-state index contributed by atoms with van der Waals surface area (Å²) >= 11 is 12.2. The van der Waals surface area contributed by atoms with Gasteiger partial charge in [0.15, 0.2) is 0 Å². The molecule has 1 amide bonds. The Balaban J connectivity index is 2.16. The average molecular weight is 331 g/mol. The number of nitrogens with zero attached hydrogens (tertiary/aromatic N) is 2. The first-order valence-corrected chi connectivity index (χ1v) is 7.75. The van der Waals surface area contributed by atoms with Crippen LogP contribution >= 0.6 is 23.2 Å². The van der Waals surface area contributed by atoms with E-state index in [0.717, 1.165) is 12.1 Å². The summed E-state index contributed by atoms with van der Waals surface area (Å²) in [6.07, 6.45) is 0.662. The fraction of sp³-hybridized carbons (Fsp3) is 0.533. The number of aliphatic hydroxyl groups excluding tert-OH is 1. The Labute approximate surface area is 135 Å². The zero-order valence-corrected chi connectivity index (χ0v) is 13.8. The molecule has 1 atom stereocenters. The zero-order chi connectivity index (χ0) is 15.6. The largest absolute Gasteiger partial charge is 0.396 e. The lowest BCUT2D eigenvalue weighted by Crippen LogP contribution is -2.53. The van der Waals surface area contributed by atoms with E-state index in [1.165, 1.54) is 0 Å². The Bertz CT molecular complexity index is 513. The van der Waals surface area contributed by atoms with Crippen molar-refractivity contribution in [1.82, 2.24) is 9.80 Å². The van der Waals surface area contributed by atoms with Gasteiger partial charge in [0.25, 0.3) is 5.91 Å². The molecule has 4 nitrogen and oxygen atoms in total. The Morgan fingerprint density at radius 2 is 1.95 bits per heavy atom. The van der Waals surface area contributed by atoms with Crippen LogP contribution in [0.3, 0.4) is 0 Å². The molecular formula is C15H20Cl2N2O2. The van der Waals surface area contributed by atoms with Gasteiger partial charge in [-0.1, -0.05) is 23.2 Å². The van der Waals surface area contributed by atoms with E-state index in [1.807, 2.05) is 14.0 Å². The van der Waals surface area contributed by atoms with Gasteiger partial charge < -0.3 is 10.0 Å². The second kappa shape index (κ2) is 6.97. The molecule has 1 heterocycles. The van der Waals surface area contributed by atoms with E-state index >= 15 is 0 Å². The molecule has 2 rings (SSSR count). The fourth-order valence-electron chi connectivity index (χ4n) is 2.54. The highest BCUT2D eigenvalue weighted by Crippen LogP contribution is 2.26. The number of aliphatic hydroxyl groups is 1. The third kappa shape index (κ3) is 3.69. The van der Waals surface area contributed by atoms with Crippen LogP contribution in [0.25, 0.3) is 0 Å². The molecule has 1 fully saturated rings. The van der Waals surface area contributed by atoms with E-state index in [0.29, 0.717) is 35.1 Å². The maximum Gasteiger partial charge on any atom is 0.254 e. The molecule has 6 heteroatoms. The molecule has 116 valence electrons. The maximum atomic E-state index is 12.6. The van der Waals surface area contributed by atoms with Gasteiger partial charge in [-0.3, -0.25) is 9.69 Å². The third-order valence-electron chi connectivity index (χ3n) is 4.05. The van der Waals surface area contributed by atoms with Crippen LogP contribution in [0.15, 0.2) is 12.1 Å². The van der Waals surface area contributed by atoms with Gasteiger partial charge in [-0.2, -0.15) is 0 Å². The first-order chi connectivity index (χ1) is 9.93. The number of rotatable bonds is 3. The Morgan fingerprint density at radius 3 is 2.52 bits per heavy atom. The molecule has 1 aromatic rings. The minimum absolute atomic E-state index is 0.0603. The number of benzene rings is 1. The quantitative estimate of drug-likeness (QED) is 0.925. The molecule has 0 bridgehead atoms. The Morgan fingerprint density at radius 1 is 1.33 bits per heavy atom. The normalized spacial score (nSPS) is 19.9. The predicted molar refractivity (Wildman–Crippen MR) is 85.2 cm³/mol. The summed E-state index contributed by atoms with van der Waals surface area (Å²) in [5.41, 5.74) is 1.30. The highest BCUT2D eigenvalue weighted by Gasteiger charge is 2.27. The molecule has 0 aromatic heterocycles. The zero-order valence-electron chi connectivity index (χ0n) is 12.3. The minimum Gasteiger partial charge on any atom is -0.396 e. The van der Waals surface area contributed by atoms with Gasteiger partial charge >= 0.3 is 0 Å². The number of carbonyl (C=O) groups is 1.